The number of nitro groups is 1. The molecule has 0 spiro atoms. The highest BCUT2D eigenvalue weighted by Crippen LogP contribution is 2.32. The number of aromatic carboxylic acids is 1. The summed E-state index contributed by atoms with van der Waals surface area (Å²) in [7, 11) is 0. The van der Waals surface area contributed by atoms with Crippen LogP contribution >= 0.6 is 0 Å². The molecule has 0 saturated heterocycles. The van der Waals surface area contributed by atoms with Crippen LogP contribution in [-0.4, -0.2) is 34.8 Å². The second kappa shape index (κ2) is 6.09. The molecule has 1 aliphatic rings. The molecule has 1 aliphatic carbocycles. The number of nitro benzene ring substituents is 1. The topological polar surface area (TPSA) is 102 Å². The van der Waals surface area contributed by atoms with E-state index in [1.165, 1.54) is 6.07 Å². The lowest BCUT2D eigenvalue weighted by Crippen LogP contribution is -2.41. The van der Waals surface area contributed by atoms with E-state index in [0.29, 0.717) is 17.9 Å². The van der Waals surface area contributed by atoms with E-state index < -0.39 is 10.9 Å². The minimum absolute atomic E-state index is 0.0875. The van der Waals surface area contributed by atoms with Gasteiger partial charge in [0.15, 0.2) is 0 Å². The Morgan fingerprint density at radius 2 is 2.19 bits per heavy atom. The molecule has 21 heavy (non-hydrogen) atoms. The van der Waals surface area contributed by atoms with Crippen LogP contribution in [0.1, 0.15) is 35.7 Å². The first kappa shape index (κ1) is 15.2. The molecule has 0 heterocycles. The fourth-order valence-corrected chi connectivity index (χ4v) is 2.44. The number of carboxylic acid groups (broad SMARTS) is 1. The van der Waals surface area contributed by atoms with Crippen LogP contribution < -0.4 is 5.32 Å². The van der Waals surface area contributed by atoms with Gasteiger partial charge in [0.25, 0.3) is 5.69 Å². The van der Waals surface area contributed by atoms with E-state index in [2.05, 4.69) is 5.32 Å². The number of anilines is 1. The third-order valence-corrected chi connectivity index (χ3v) is 3.68. The zero-order valence-corrected chi connectivity index (χ0v) is 12.0. The molecule has 1 saturated carbocycles. The van der Waals surface area contributed by atoms with Gasteiger partial charge < -0.3 is 15.2 Å². The summed E-state index contributed by atoms with van der Waals surface area (Å²) in [6.45, 7) is 4.21. The van der Waals surface area contributed by atoms with Gasteiger partial charge in [-0.05, 0) is 32.8 Å². The highest BCUT2D eigenvalue weighted by atomic mass is 16.6. The largest absolute Gasteiger partial charge is 0.478 e. The van der Waals surface area contributed by atoms with Crippen molar-refractivity contribution >= 4 is 17.3 Å². The van der Waals surface area contributed by atoms with Crippen LogP contribution in [0.25, 0.3) is 0 Å². The van der Waals surface area contributed by atoms with E-state index in [-0.39, 0.29) is 23.4 Å². The van der Waals surface area contributed by atoms with Crippen molar-refractivity contribution in [2.24, 2.45) is 0 Å². The Morgan fingerprint density at radius 1 is 1.52 bits per heavy atom. The summed E-state index contributed by atoms with van der Waals surface area (Å²) >= 11 is 0. The van der Waals surface area contributed by atoms with Crippen LogP contribution in [0.4, 0.5) is 11.4 Å². The molecule has 0 atom stereocenters. The Hall–Kier alpha value is -2.15. The van der Waals surface area contributed by atoms with Gasteiger partial charge in [-0.3, -0.25) is 10.1 Å². The Balaban J connectivity index is 2.19. The van der Waals surface area contributed by atoms with Crippen molar-refractivity contribution in [3.8, 4) is 0 Å². The molecule has 1 aromatic carbocycles. The SMILES string of the molecule is CCOC1CC(Nc2cc(C(=O)O)cc([N+](=O)[O-])c2C)C1. The number of hydrogen-bond acceptors (Lipinski definition) is 5. The Morgan fingerprint density at radius 3 is 2.71 bits per heavy atom. The number of carbonyl (C=O) groups is 1. The summed E-state index contributed by atoms with van der Waals surface area (Å²) in [6, 6.07) is 2.69. The standard InChI is InChI=1S/C14H18N2O5/c1-3-21-11-6-10(7-11)15-12-4-9(14(17)18)5-13(8(12)2)16(19)20/h4-5,10-11,15H,3,6-7H2,1-2H3,(H,17,18). The molecule has 0 aliphatic heterocycles. The van der Waals surface area contributed by atoms with Gasteiger partial charge >= 0.3 is 5.97 Å². The molecule has 2 rings (SSSR count). The summed E-state index contributed by atoms with van der Waals surface area (Å²) in [6.07, 6.45) is 1.85. The molecular weight excluding hydrogens is 276 g/mol. The van der Waals surface area contributed by atoms with Gasteiger partial charge in [-0.1, -0.05) is 0 Å². The highest BCUT2D eigenvalue weighted by Gasteiger charge is 2.30. The van der Waals surface area contributed by atoms with E-state index in [0.717, 1.165) is 18.9 Å². The first-order valence-electron chi connectivity index (χ1n) is 6.82. The molecule has 1 aromatic rings. The quantitative estimate of drug-likeness (QED) is 0.617. The maximum Gasteiger partial charge on any atom is 0.336 e. The van der Waals surface area contributed by atoms with Crippen molar-refractivity contribution < 1.29 is 19.6 Å². The molecule has 2 N–H and O–H groups in total. The van der Waals surface area contributed by atoms with Crippen LogP contribution in [0.15, 0.2) is 12.1 Å². The molecular formula is C14H18N2O5. The average Bonchev–Trinajstić information content (AvgIpc) is 2.37. The van der Waals surface area contributed by atoms with Crippen molar-refractivity contribution in [3.05, 3.63) is 33.4 Å². The number of ether oxygens (including phenoxy) is 1. The number of hydrogen-bond donors (Lipinski definition) is 2. The summed E-state index contributed by atoms with van der Waals surface area (Å²) in [5, 5.41) is 23.3. The zero-order valence-electron chi connectivity index (χ0n) is 12.0. The van der Waals surface area contributed by atoms with E-state index >= 15 is 0 Å². The third-order valence-electron chi connectivity index (χ3n) is 3.68. The second-order valence-electron chi connectivity index (χ2n) is 5.12. The Bertz CT molecular complexity index is 567. The molecule has 0 amide bonds. The maximum absolute atomic E-state index is 11.1. The molecule has 7 heteroatoms. The molecule has 0 radical (unpaired) electrons. The maximum atomic E-state index is 11.1. The zero-order chi connectivity index (χ0) is 15.6. The van der Waals surface area contributed by atoms with Crippen LogP contribution in [0.2, 0.25) is 0 Å². The van der Waals surface area contributed by atoms with Gasteiger partial charge in [0.1, 0.15) is 0 Å². The fourth-order valence-electron chi connectivity index (χ4n) is 2.44. The molecule has 114 valence electrons. The second-order valence-corrected chi connectivity index (χ2v) is 5.12. The highest BCUT2D eigenvalue weighted by molar-refractivity contribution is 5.90. The van der Waals surface area contributed by atoms with E-state index in [1.54, 1.807) is 6.92 Å². The lowest BCUT2D eigenvalue weighted by molar-refractivity contribution is -0.385. The number of nitrogens with one attached hydrogen (secondary N) is 1. The van der Waals surface area contributed by atoms with Gasteiger partial charge in [0, 0.05) is 30.0 Å². The summed E-state index contributed by atoms with van der Waals surface area (Å²) < 4.78 is 5.46. The van der Waals surface area contributed by atoms with Crippen LogP contribution in [0.3, 0.4) is 0 Å². The summed E-state index contributed by atoms with van der Waals surface area (Å²) in [4.78, 5) is 21.5. The fraction of sp³-hybridized carbons (Fsp3) is 0.500. The monoisotopic (exact) mass is 294 g/mol. The van der Waals surface area contributed by atoms with E-state index in [9.17, 15) is 14.9 Å². The minimum atomic E-state index is -1.18. The molecule has 7 nitrogen and oxygen atoms in total. The number of nitrogens with zero attached hydrogens (tertiary/aromatic N) is 1. The van der Waals surface area contributed by atoms with Crippen molar-refractivity contribution in [2.45, 2.75) is 38.8 Å². The lowest BCUT2D eigenvalue weighted by atomic mass is 9.88. The van der Waals surface area contributed by atoms with Crippen LogP contribution in [0, 0.1) is 17.0 Å². The van der Waals surface area contributed by atoms with E-state index in [1.807, 2.05) is 6.92 Å². The molecule has 1 fully saturated rings. The van der Waals surface area contributed by atoms with Crippen molar-refractivity contribution in [1.82, 2.24) is 0 Å². The summed E-state index contributed by atoms with van der Waals surface area (Å²) in [5.41, 5.74) is 0.681. The van der Waals surface area contributed by atoms with Crippen LogP contribution in [-0.2, 0) is 4.74 Å². The van der Waals surface area contributed by atoms with Gasteiger partial charge in [-0.25, -0.2) is 4.79 Å². The van der Waals surface area contributed by atoms with Crippen LogP contribution in [0.5, 0.6) is 0 Å². The van der Waals surface area contributed by atoms with Gasteiger partial charge in [0.05, 0.1) is 16.6 Å². The van der Waals surface area contributed by atoms with Gasteiger partial charge in [-0.15, -0.1) is 0 Å². The summed E-state index contributed by atoms with van der Waals surface area (Å²) in [5.74, 6) is -1.18. The molecule has 0 bridgehead atoms. The predicted molar refractivity (Wildman–Crippen MR) is 76.9 cm³/mol. The van der Waals surface area contributed by atoms with Crippen molar-refractivity contribution in [3.63, 3.8) is 0 Å². The Kier molecular flexibility index (Phi) is 4.42. The lowest BCUT2D eigenvalue weighted by Gasteiger charge is -2.36. The third kappa shape index (κ3) is 3.30. The molecule has 0 aromatic heterocycles. The van der Waals surface area contributed by atoms with E-state index in [4.69, 9.17) is 9.84 Å². The van der Waals surface area contributed by atoms with Crippen molar-refractivity contribution in [2.75, 3.05) is 11.9 Å². The Labute approximate surface area is 122 Å². The normalized spacial score (nSPS) is 20.7. The molecule has 0 unspecified atom stereocenters. The number of rotatable bonds is 6. The number of carboxylic acids is 1. The smallest absolute Gasteiger partial charge is 0.336 e. The first-order valence-corrected chi connectivity index (χ1v) is 6.82. The predicted octanol–water partition coefficient (Wildman–Crippen LogP) is 2.58. The average molecular weight is 294 g/mol. The first-order chi connectivity index (χ1) is 9.92. The van der Waals surface area contributed by atoms with Gasteiger partial charge in [0.2, 0.25) is 0 Å². The van der Waals surface area contributed by atoms with Gasteiger partial charge in [-0.2, -0.15) is 0 Å². The minimum Gasteiger partial charge on any atom is -0.478 e. The number of benzene rings is 1. The van der Waals surface area contributed by atoms with Crippen molar-refractivity contribution in [1.29, 1.82) is 0 Å².